The summed E-state index contributed by atoms with van der Waals surface area (Å²) >= 11 is 0. The number of aromatic nitrogens is 2. The largest absolute Gasteiger partial charge is 0.333 e. The predicted octanol–water partition coefficient (Wildman–Crippen LogP) is 3.76. The van der Waals surface area contributed by atoms with E-state index in [2.05, 4.69) is 46.4 Å². The maximum atomic E-state index is 13.4. The Morgan fingerprint density at radius 1 is 1.11 bits per heavy atom. The molecule has 5 heteroatoms. The Morgan fingerprint density at radius 3 is 2.56 bits per heavy atom. The molecule has 5 rings (SSSR count). The Hall–Kier alpha value is -3.13. The van der Waals surface area contributed by atoms with Gasteiger partial charge in [0.25, 0.3) is 5.91 Å². The van der Waals surface area contributed by atoms with Crippen LogP contribution >= 0.6 is 0 Å². The number of nitrogens with zero attached hydrogens (tertiary/aromatic N) is 4. The van der Waals surface area contributed by atoms with Crippen molar-refractivity contribution in [3.05, 3.63) is 71.5 Å². The molecular weight excluding hydrogens is 336 g/mol. The third-order valence-corrected chi connectivity index (χ3v) is 6.12. The van der Waals surface area contributed by atoms with E-state index >= 15 is 0 Å². The Bertz CT molecular complexity index is 1040. The fourth-order valence-electron chi connectivity index (χ4n) is 4.86. The predicted molar refractivity (Wildman–Crippen MR) is 101 cm³/mol. The molecule has 2 aliphatic heterocycles. The van der Waals surface area contributed by atoms with Crippen LogP contribution in [0.15, 0.2) is 54.9 Å². The molecule has 0 radical (unpaired) electrons. The first-order valence-corrected chi connectivity index (χ1v) is 9.49. The number of amides is 1. The van der Waals surface area contributed by atoms with Crippen LogP contribution in [0.5, 0.6) is 0 Å². The minimum atomic E-state index is 0.0547. The zero-order chi connectivity index (χ0) is 18.4. The number of carbonyl (C=O) groups excluding carboxylic acids is 1. The van der Waals surface area contributed by atoms with Gasteiger partial charge in [0.2, 0.25) is 0 Å². The maximum absolute atomic E-state index is 13.4. The molecule has 0 aliphatic carbocycles. The minimum absolute atomic E-state index is 0.0547. The quantitative estimate of drug-likeness (QED) is 0.702. The van der Waals surface area contributed by atoms with Crippen molar-refractivity contribution < 1.29 is 4.79 Å². The monoisotopic (exact) mass is 356 g/mol. The molecule has 134 valence electrons. The third kappa shape index (κ3) is 2.60. The molecule has 0 spiro atoms. The molecule has 4 heterocycles. The molecule has 2 bridgehead atoms. The lowest BCUT2D eigenvalue weighted by Crippen LogP contribution is -2.46. The number of piperidine rings is 1. The third-order valence-electron chi connectivity index (χ3n) is 6.12. The summed E-state index contributed by atoms with van der Waals surface area (Å²) < 4.78 is 1.67. The minimum Gasteiger partial charge on any atom is -0.333 e. The van der Waals surface area contributed by atoms with Gasteiger partial charge in [0.1, 0.15) is 0 Å². The molecule has 2 aromatic heterocycles. The average molecular weight is 356 g/mol. The first-order chi connectivity index (χ1) is 13.2. The van der Waals surface area contributed by atoms with Crippen LogP contribution in [0.2, 0.25) is 0 Å². The number of carbonyl (C=O) groups is 1. The number of hydrogen-bond donors (Lipinski definition) is 0. The molecule has 2 aliphatic rings. The van der Waals surface area contributed by atoms with Crippen molar-refractivity contribution >= 4 is 11.4 Å². The highest BCUT2D eigenvalue weighted by molar-refractivity contribution is 6.01. The van der Waals surface area contributed by atoms with Crippen molar-refractivity contribution in [3.8, 4) is 6.07 Å². The molecule has 0 N–H and O–H groups in total. The van der Waals surface area contributed by atoms with E-state index in [1.807, 2.05) is 0 Å². The lowest BCUT2D eigenvalue weighted by Gasteiger charge is -2.39. The number of hydrogen-bond acceptors (Lipinski definition) is 3. The van der Waals surface area contributed by atoms with E-state index in [-0.39, 0.29) is 18.0 Å². The first kappa shape index (κ1) is 16.1. The van der Waals surface area contributed by atoms with Gasteiger partial charge in [-0.15, -0.1) is 0 Å². The summed E-state index contributed by atoms with van der Waals surface area (Å²) in [6.45, 7) is 0. The summed E-state index contributed by atoms with van der Waals surface area (Å²) in [4.78, 5) is 15.5. The van der Waals surface area contributed by atoms with E-state index in [1.54, 1.807) is 29.0 Å². The first-order valence-electron chi connectivity index (χ1n) is 9.49. The van der Waals surface area contributed by atoms with Crippen LogP contribution in [0.3, 0.4) is 0 Å². The summed E-state index contributed by atoms with van der Waals surface area (Å²) in [6, 6.07) is 16.8. The van der Waals surface area contributed by atoms with Crippen LogP contribution in [-0.2, 0) is 0 Å². The molecule has 0 saturated carbocycles. The fraction of sp³-hybridized carbons (Fsp3) is 0.318. The molecular formula is C22H20N4O. The van der Waals surface area contributed by atoms with Gasteiger partial charge < -0.3 is 4.90 Å². The van der Waals surface area contributed by atoms with Crippen LogP contribution in [-0.4, -0.2) is 32.5 Å². The normalized spacial score (nSPS) is 24.1. The maximum Gasteiger partial charge on any atom is 0.258 e. The van der Waals surface area contributed by atoms with Crippen LogP contribution in [0.4, 0.5) is 0 Å². The van der Waals surface area contributed by atoms with Crippen molar-refractivity contribution in [3.63, 3.8) is 0 Å². The number of nitriles is 1. The van der Waals surface area contributed by atoms with Crippen molar-refractivity contribution in [2.24, 2.45) is 0 Å². The SMILES string of the molecule is N#Cc1ccn2ncc(C(=O)N3[C@@H]4CC[C@H]3CC(c3ccccc3)C4)c2c1. The number of fused-ring (bicyclic) bond motifs is 3. The molecule has 5 nitrogen and oxygen atoms in total. The van der Waals surface area contributed by atoms with Crippen LogP contribution in [0.25, 0.3) is 5.52 Å². The molecule has 1 unspecified atom stereocenters. The highest BCUT2D eigenvalue weighted by Gasteiger charge is 2.44. The molecule has 2 fully saturated rings. The summed E-state index contributed by atoms with van der Waals surface area (Å²) in [5, 5.41) is 13.5. The Morgan fingerprint density at radius 2 is 1.85 bits per heavy atom. The Kier molecular flexibility index (Phi) is 3.71. The zero-order valence-electron chi connectivity index (χ0n) is 15.0. The van der Waals surface area contributed by atoms with Crippen molar-refractivity contribution in [2.45, 2.75) is 43.7 Å². The van der Waals surface area contributed by atoms with E-state index in [0.29, 0.717) is 22.6 Å². The highest BCUT2D eigenvalue weighted by atomic mass is 16.2. The lowest BCUT2D eigenvalue weighted by atomic mass is 9.85. The van der Waals surface area contributed by atoms with Gasteiger partial charge in [-0.2, -0.15) is 10.4 Å². The van der Waals surface area contributed by atoms with Crippen LogP contribution in [0, 0.1) is 11.3 Å². The Labute approximate surface area is 157 Å². The fourth-order valence-corrected chi connectivity index (χ4v) is 4.86. The van der Waals surface area contributed by atoms with Gasteiger partial charge in [0, 0.05) is 18.3 Å². The molecule has 27 heavy (non-hydrogen) atoms. The van der Waals surface area contributed by atoms with E-state index in [0.717, 1.165) is 25.7 Å². The molecule has 1 amide bonds. The second-order valence-electron chi connectivity index (χ2n) is 7.59. The van der Waals surface area contributed by atoms with Crippen molar-refractivity contribution in [1.82, 2.24) is 14.5 Å². The average Bonchev–Trinajstić information content (AvgIpc) is 3.25. The van der Waals surface area contributed by atoms with E-state index in [4.69, 9.17) is 5.26 Å². The second kappa shape index (κ2) is 6.24. The number of pyridine rings is 1. The topological polar surface area (TPSA) is 61.4 Å². The van der Waals surface area contributed by atoms with Gasteiger partial charge in [-0.1, -0.05) is 30.3 Å². The zero-order valence-corrected chi connectivity index (χ0v) is 15.0. The standard InChI is InChI=1S/C22H20N4O/c23-13-15-8-9-25-21(10-15)20(14-24-25)22(27)26-18-6-7-19(26)12-17(11-18)16-4-2-1-3-5-16/h1-5,8-10,14,17-19H,6-7,11-12H2/t17?,18-,19+. The lowest BCUT2D eigenvalue weighted by molar-refractivity contribution is 0.0573. The van der Waals surface area contributed by atoms with E-state index in [9.17, 15) is 4.79 Å². The molecule has 2 saturated heterocycles. The smallest absolute Gasteiger partial charge is 0.258 e. The summed E-state index contributed by atoms with van der Waals surface area (Å²) in [7, 11) is 0. The van der Waals surface area contributed by atoms with Crippen molar-refractivity contribution in [1.29, 1.82) is 5.26 Å². The van der Waals surface area contributed by atoms with Crippen LogP contribution < -0.4 is 0 Å². The number of benzene rings is 1. The van der Waals surface area contributed by atoms with Gasteiger partial charge >= 0.3 is 0 Å². The van der Waals surface area contributed by atoms with Gasteiger partial charge in [0.15, 0.2) is 0 Å². The van der Waals surface area contributed by atoms with E-state index in [1.165, 1.54) is 5.56 Å². The molecule has 3 aromatic rings. The summed E-state index contributed by atoms with van der Waals surface area (Å²) in [5.41, 5.74) is 3.24. The van der Waals surface area contributed by atoms with Crippen molar-refractivity contribution in [2.75, 3.05) is 0 Å². The van der Waals surface area contributed by atoms with E-state index < -0.39 is 0 Å². The summed E-state index contributed by atoms with van der Waals surface area (Å²) in [5.74, 6) is 0.584. The Balaban J connectivity index is 1.45. The molecule has 1 aromatic carbocycles. The number of rotatable bonds is 2. The van der Waals surface area contributed by atoms with Gasteiger partial charge in [-0.25, -0.2) is 4.52 Å². The second-order valence-corrected chi connectivity index (χ2v) is 7.59. The van der Waals surface area contributed by atoms with Gasteiger partial charge in [-0.05, 0) is 49.3 Å². The van der Waals surface area contributed by atoms with Gasteiger partial charge in [0.05, 0.1) is 28.9 Å². The molecule has 3 atom stereocenters. The van der Waals surface area contributed by atoms with Crippen LogP contribution in [0.1, 0.15) is 53.1 Å². The van der Waals surface area contributed by atoms with Gasteiger partial charge in [-0.3, -0.25) is 4.79 Å². The highest BCUT2D eigenvalue weighted by Crippen LogP contribution is 2.43. The summed E-state index contributed by atoms with van der Waals surface area (Å²) in [6.07, 6.45) is 7.57.